The van der Waals surface area contributed by atoms with Crippen LogP contribution in [0, 0.1) is 5.92 Å². The minimum absolute atomic E-state index is 0.0893. The van der Waals surface area contributed by atoms with Gasteiger partial charge in [-0.3, -0.25) is 11.3 Å². The van der Waals surface area contributed by atoms with Gasteiger partial charge in [0.25, 0.3) is 0 Å². The zero-order valence-corrected chi connectivity index (χ0v) is 10.3. The maximum absolute atomic E-state index is 5.52. The molecule has 3 heteroatoms. The molecular weight excluding hydrogens is 176 g/mol. The molecule has 0 saturated carbocycles. The van der Waals surface area contributed by atoms with Gasteiger partial charge in [-0.2, -0.15) is 0 Å². The molecule has 0 saturated heterocycles. The molecule has 0 radical (unpaired) electrons. The first-order valence-corrected chi connectivity index (χ1v) is 5.42. The van der Waals surface area contributed by atoms with E-state index in [-0.39, 0.29) is 5.60 Å². The largest absolute Gasteiger partial charge is 0.379 e. The number of ether oxygens (including phenoxy) is 1. The third kappa shape index (κ3) is 6.35. The van der Waals surface area contributed by atoms with Crippen molar-refractivity contribution in [2.24, 2.45) is 11.8 Å². The van der Waals surface area contributed by atoms with Gasteiger partial charge in [-0.1, -0.05) is 13.8 Å². The molecule has 0 amide bonds. The first-order chi connectivity index (χ1) is 6.41. The van der Waals surface area contributed by atoms with Crippen molar-refractivity contribution in [3.8, 4) is 0 Å². The topological polar surface area (TPSA) is 47.3 Å². The average Bonchev–Trinajstić information content (AvgIpc) is 2.12. The number of nitrogens with one attached hydrogen (secondary N) is 1. The summed E-state index contributed by atoms with van der Waals surface area (Å²) >= 11 is 0. The number of hydrazine groups is 1. The van der Waals surface area contributed by atoms with Crippen molar-refractivity contribution in [3.05, 3.63) is 0 Å². The summed E-state index contributed by atoms with van der Waals surface area (Å²) < 4.78 is 5.38. The third-order valence-corrected chi connectivity index (χ3v) is 2.62. The highest BCUT2D eigenvalue weighted by Crippen LogP contribution is 2.19. The second-order valence-corrected chi connectivity index (χ2v) is 5.00. The standard InChI is InChI=1S/C11H26N2O/c1-9(2)6-7-10(13-12)8-11(3,4)14-5/h9-10,13H,6-8,12H2,1-5H3. The van der Waals surface area contributed by atoms with Crippen LogP contribution in [0.5, 0.6) is 0 Å². The molecule has 1 atom stereocenters. The number of methoxy groups -OCH3 is 1. The van der Waals surface area contributed by atoms with E-state index in [1.165, 1.54) is 6.42 Å². The molecule has 0 aliphatic carbocycles. The van der Waals surface area contributed by atoms with E-state index in [0.29, 0.717) is 6.04 Å². The van der Waals surface area contributed by atoms with Crippen molar-refractivity contribution in [1.29, 1.82) is 0 Å². The Morgan fingerprint density at radius 2 is 1.86 bits per heavy atom. The fourth-order valence-electron chi connectivity index (χ4n) is 1.46. The van der Waals surface area contributed by atoms with E-state index in [1.807, 2.05) is 0 Å². The van der Waals surface area contributed by atoms with Crippen LogP contribution in [0.4, 0.5) is 0 Å². The van der Waals surface area contributed by atoms with Gasteiger partial charge in [-0.15, -0.1) is 0 Å². The van der Waals surface area contributed by atoms with E-state index in [0.717, 1.165) is 18.8 Å². The highest BCUT2D eigenvalue weighted by Gasteiger charge is 2.21. The number of hydrogen-bond donors (Lipinski definition) is 2. The molecule has 0 aromatic heterocycles. The summed E-state index contributed by atoms with van der Waals surface area (Å²) in [5.74, 6) is 6.25. The number of rotatable bonds is 7. The Labute approximate surface area is 88.4 Å². The van der Waals surface area contributed by atoms with E-state index in [4.69, 9.17) is 10.6 Å². The molecule has 0 bridgehead atoms. The number of nitrogens with two attached hydrogens (primary N) is 1. The van der Waals surface area contributed by atoms with Crippen molar-refractivity contribution in [1.82, 2.24) is 5.43 Å². The molecule has 0 spiro atoms. The molecule has 0 fully saturated rings. The van der Waals surface area contributed by atoms with Gasteiger partial charge in [0.1, 0.15) is 0 Å². The van der Waals surface area contributed by atoms with Crippen LogP contribution < -0.4 is 11.3 Å². The second-order valence-electron chi connectivity index (χ2n) is 5.00. The maximum atomic E-state index is 5.52. The van der Waals surface area contributed by atoms with Gasteiger partial charge in [-0.25, -0.2) is 0 Å². The highest BCUT2D eigenvalue weighted by atomic mass is 16.5. The van der Waals surface area contributed by atoms with Crippen LogP contribution in [0.1, 0.15) is 47.0 Å². The number of hydrogen-bond acceptors (Lipinski definition) is 3. The second kappa shape index (κ2) is 6.38. The Hall–Kier alpha value is -0.120. The minimum atomic E-state index is -0.0893. The van der Waals surface area contributed by atoms with Gasteiger partial charge in [-0.05, 0) is 39.0 Å². The Morgan fingerprint density at radius 3 is 2.21 bits per heavy atom. The Balaban J connectivity index is 3.90. The van der Waals surface area contributed by atoms with E-state index >= 15 is 0 Å². The summed E-state index contributed by atoms with van der Waals surface area (Å²) in [6.07, 6.45) is 3.27. The van der Waals surface area contributed by atoms with Crippen molar-refractivity contribution >= 4 is 0 Å². The van der Waals surface area contributed by atoms with Gasteiger partial charge in [0.2, 0.25) is 0 Å². The van der Waals surface area contributed by atoms with Crippen molar-refractivity contribution in [2.45, 2.75) is 58.6 Å². The lowest BCUT2D eigenvalue weighted by molar-refractivity contribution is 0.00595. The van der Waals surface area contributed by atoms with E-state index in [1.54, 1.807) is 7.11 Å². The first-order valence-electron chi connectivity index (χ1n) is 5.42. The molecule has 0 aromatic rings. The van der Waals surface area contributed by atoms with Gasteiger partial charge >= 0.3 is 0 Å². The Bertz CT molecular complexity index is 146. The molecule has 3 nitrogen and oxygen atoms in total. The summed E-state index contributed by atoms with van der Waals surface area (Å²) in [6.45, 7) is 8.64. The molecule has 0 aromatic carbocycles. The zero-order chi connectivity index (χ0) is 11.2. The molecule has 0 rings (SSSR count). The van der Waals surface area contributed by atoms with E-state index in [2.05, 4.69) is 33.1 Å². The Kier molecular flexibility index (Phi) is 6.33. The molecule has 0 heterocycles. The Morgan fingerprint density at radius 1 is 1.29 bits per heavy atom. The van der Waals surface area contributed by atoms with Gasteiger partial charge in [0, 0.05) is 13.2 Å². The molecule has 14 heavy (non-hydrogen) atoms. The van der Waals surface area contributed by atoms with E-state index in [9.17, 15) is 0 Å². The van der Waals surface area contributed by atoms with Crippen LogP contribution in [-0.2, 0) is 4.74 Å². The van der Waals surface area contributed by atoms with E-state index < -0.39 is 0 Å². The summed E-state index contributed by atoms with van der Waals surface area (Å²) in [5.41, 5.74) is 2.78. The first kappa shape index (κ1) is 13.9. The van der Waals surface area contributed by atoms with Crippen molar-refractivity contribution in [3.63, 3.8) is 0 Å². The summed E-state index contributed by atoms with van der Waals surface area (Å²) in [7, 11) is 1.75. The normalized spacial score (nSPS) is 14.8. The van der Waals surface area contributed by atoms with Crippen molar-refractivity contribution in [2.75, 3.05) is 7.11 Å². The SMILES string of the molecule is COC(C)(C)CC(CCC(C)C)NN. The molecule has 3 N–H and O–H groups in total. The van der Waals surface area contributed by atoms with Crippen LogP contribution in [0.2, 0.25) is 0 Å². The predicted molar refractivity (Wildman–Crippen MR) is 60.9 cm³/mol. The quantitative estimate of drug-likeness (QED) is 0.491. The van der Waals surface area contributed by atoms with Crippen LogP contribution in [0.3, 0.4) is 0 Å². The summed E-state index contributed by atoms with van der Waals surface area (Å²) in [6, 6.07) is 0.354. The lowest BCUT2D eigenvalue weighted by Crippen LogP contribution is -2.41. The summed E-state index contributed by atoms with van der Waals surface area (Å²) in [4.78, 5) is 0. The van der Waals surface area contributed by atoms with Gasteiger partial charge in [0.15, 0.2) is 0 Å². The summed E-state index contributed by atoms with van der Waals surface area (Å²) in [5, 5.41) is 0. The van der Waals surface area contributed by atoms with Crippen LogP contribution in [0.25, 0.3) is 0 Å². The smallest absolute Gasteiger partial charge is 0.0638 e. The molecule has 0 aliphatic rings. The maximum Gasteiger partial charge on any atom is 0.0638 e. The predicted octanol–water partition coefficient (Wildman–Crippen LogP) is 2.07. The average molecular weight is 202 g/mol. The fourth-order valence-corrected chi connectivity index (χ4v) is 1.46. The van der Waals surface area contributed by atoms with Crippen LogP contribution >= 0.6 is 0 Å². The van der Waals surface area contributed by atoms with Gasteiger partial charge < -0.3 is 4.74 Å². The zero-order valence-electron chi connectivity index (χ0n) is 10.3. The monoisotopic (exact) mass is 202 g/mol. The molecular formula is C11H26N2O. The lowest BCUT2D eigenvalue weighted by atomic mass is 9.94. The molecule has 0 aliphatic heterocycles. The lowest BCUT2D eigenvalue weighted by Gasteiger charge is -2.28. The fraction of sp³-hybridized carbons (Fsp3) is 1.00. The van der Waals surface area contributed by atoms with Crippen molar-refractivity contribution < 1.29 is 4.74 Å². The highest BCUT2D eigenvalue weighted by molar-refractivity contribution is 4.77. The minimum Gasteiger partial charge on any atom is -0.379 e. The van der Waals surface area contributed by atoms with Crippen LogP contribution in [-0.4, -0.2) is 18.8 Å². The van der Waals surface area contributed by atoms with Gasteiger partial charge in [0.05, 0.1) is 5.60 Å². The third-order valence-electron chi connectivity index (χ3n) is 2.62. The molecule has 86 valence electrons. The van der Waals surface area contributed by atoms with Crippen LogP contribution in [0.15, 0.2) is 0 Å². The molecule has 1 unspecified atom stereocenters.